The number of rotatable bonds is 6. The normalized spacial score (nSPS) is 19.1. The zero-order chi connectivity index (χ0) is 22.0. The Morgan fingerprint density at radius 2 is 1.77 bits per heavy atom. The Balaban J connectivity index is 2.24. The Labute approximate surface area is 175 Å². The maximum Gasteiger partial charge on any atom is 0.295 e. The van der Waals surface area contributed by atoms with Gasteiger partial charge in [0.15, 0.2) is 0 Å². The fraction of sp³-hybridized carbons (Fsp3) is 0.304. The number of ketones is 1. The van der Waals surface area contributed by atoms with Crippen molar-refractivity contribution in [2.75, 3.05) is 20.8 Å². The molecule has 1 fully saturated rings. The zero-order valence-corrected chi connectivity index (χ0v) is 17.4. The highest BCUT2D eigenvalue weighted by Crippen LogP contribution is 2.43. The van der Waals surface area contributed by atoms with Crippen LogP contribution in [0.3, 0.4) is 0 Å². The van der Waals surface area contributed by atoms with Gasteiger partial charge in [-0.05, 0) is 26.0 Å². The third-order valence-electron chi connectivity index (χ3n) is 5.06. The molecule has 0 aromatic heterocycles. The molecule has 1 aliphatic heterocycles. The molecule has 1 amide bonds. The summed E-state index contributed by atoms with van der Waals surface area (Å²) < 4.78 is 10.7. The van der Waals surface area contributed by atoms with Gasteiger partial charge < -0.3 is 24.6 Å². The van der Waals surface area contributed by atoms with Gasteiger partial charge >= 0.3 is 0 Å². The van der Waals surface area contributed by atoms with Gasteiger partial charge in [0.1, 0.15) is 17.3 Å². The third-order valence-corrected chi connectivity index (χ3v) is 5.06. The van der Waals surface area contributed by atoms with Gasteiger partial charge in [-0.1, -0.05) is 29.8 Å². The number of hydrogen-bond acceptors (Lipinski definition) is 6. The number of nitrogens with zero attached hydrogens (tertiary/aromatic N) is 1. The van der Waals surface area contributed by atoms with Gasteiger partial charge in [-0.15, -0.1) is 0 Å². The average Bonchev–Trinajstić information content (AvgIpc) is 2.97. The number of β-amino-alcohol motifs (C(OH)–C–C–N with tert-alkyl or cyclic N) is 1. The maximum absolute atomic E-state index is 12.9. The molecule has 0 aliphatic carbocycles. The highest BCUT2D eigenvalue weighted by molar-refractivity contribution is 6.46. The molecule has 0 saturated carbocycles. The van der Waals surface area contributed by atoms with Crippen molar-refractivity contribution in [2.24, 2.45) is 0 Å². The number of aryl methyl sites for hydroxylation is 1. The number of aliphatic hydroxyl groups excluding tert-OH is 2. The first-order chi connectivity index (χ1) is 14.3. The lowest BCUT2D eigenvalue weighted by atomic mass is 9.94. The van der Waals surface area contributed by atoms with Crippen molar-refractivity contribution in [3.63, 3.8) is 0 Å². The number of carbonyl (C=O) groups is 2. The maximum atomic E-state index is 12.9. The molecule has 1 aliphatic rings. The summed E-state index contributed by atoms with van der Waals surface area (Å²) in [6.07, 6.45) is -0.866. The van der Waals surface area contributed by atoms with E-state index < -0.39 is 23.8 Å². The molecule has 0 bridgehead atoms. The highest BCUT2D eigenvalue weighted by Gasteiger charge is 2.47. The summed E-state index contributed by atoms with van der Waals surface area (Å²) in [6, 6.07) is 11.1. The van der Waals surface area contributed by atoms with E-state index in [4.69, 9.17) is 9.47 Å². The van der Waals surface area contributed by atoms with Crippen LogP contribution in [-0.2, 0) is 9.59 Å². The summed E-state index contributed by atoms with van der Waals surface area (Å²) in [4.78, 5) is 27.0. The van der Waals surface area contributed by atoms with Gasteiger partial charge in [0.2, 0.25) is 0 Å². The fourth-order valence-corrected chi connectivity index (χ4v) is 3.59. The van der Waals surface area contributed by atoms with Crippen LogP contribution in [0.1, 0.15) is 29.7 Å². The molecule has 7 nitrogen and oxygen atoms in total. The number of amides is 1. The average molecular weight is 411 g/mol. The molecule has 1 heterocycles. The largest absolute Gasteiger partial charge is 0.507 e. The molecule has 2 atom stereocenters. The van der Waals surface area contributed by atoms with E-state index in [1.807, 2.05) is 19.1 Å². The van der Waals surface area contributed by atoms with E-state index in [0.717, 1.165) is 5.56 Å². The van der Waals surface area contributed by atoms with Crippen molar-refractivity contribution in [2.45, 2.75) is 26.0 Å². The molecule has 0 radical (unpaired) electrons. The Morgan fingerprint density at radius 1 is 1.10 bits per heavy atom. The number of benzene rings is 2. The van der Waals surface area contributed by atoms with Crippen LogP contribution < -0.4 is 9.47 Å². The molecule has 2 unspecified atom stereocenters. The number of likely N-dealkylation sites (tertiary alicyclic amines) is 1. The van der Waals surface area contributed by atoms with E-state index in [9.17, 15) is 19.8 Å². The van der Waals surface area contributed by atoms with Gasteiger partial charge in [0.25, 0.3) is 11.7 Å². The van der Waals surface area contributed by atoms with Gasteiger partial charge in [-0.3, -0.25) is 9.59 Å². The topological polar surface area (TPSA) is 96.3 Å². The number of methoxy groups -OCH3 is 2. The second-order valence-corrected chi connectivity index (χ2v) is 7.27. The molecule has 2 aromatic rings. The van der Waals surface area contributed by atoms with Gasteiger partial charge in [-0.2, -0.15) is 0 Å². The molecular weight excluding hydrogens is 386 g/mol. The first-order valence-corrected chi connectivity index (χ1v) is 9.54. The van der Waals surface area contributed by atoms with Crippen LogP contribution in [0.2, 0.25) is 0 Å². The van der Waals surface area contributed by atoms with Crippen molar-refractivity contribution in [1.29, 1.82) is 0 Å². The first kappa shape index (κ1) is 21.4. The van der Waals surface area contributed by atoms with E-state index in [-0.39, 0.29) is 17.9 Å². The summed E-state index contributed by atoms with van der Waals surface area (Å²) in [6.45, 7) is 3.37. The Hall–Kier alpha value is -3.32. The Morgan fingerprint density at radius 3 is 2.33 bits per heavy atom. The van der Waals surface area contributed by atoms with Gasteiger partial charge in [0, 0.05) is 23.7 Å². The lowest BCUT2D eigenvalue weighted by molar-refractivity contribution is -0.140. The molecule has 0 spiro atoms. The molecule has 7 heteroatoms. The van der Waals surface area contributed by atoms with Crippen LogP contribution in [0.5, 0.6) is 11.5 Å². The second-order valence-electron chi connectivity index (χ2n) is 7.27. The van der Waals surface area contributed by atoms with Crippen molar-refractivity contribution < 1.29 is 29.3 Å². The summed E-state index contributed by atoms with van der Waals surface area (Å²) in [5.41, 5.74) is 1.88. The van der Waals surface area contributed by atoms with Crippen LogP contribution in [0.15, 0.2) is 48.0 Å². The van der Waals surface area contributed by atoms with Crippen molar-refractivity contribution in [1.82, 2.24) is 4.90 Å². The third kappa shape index (κ3) is 3.89. The lowest BCUT2D eigenvalue weighted by Gasteiger charge is -2.27. The SMILES string of the molecule is COc1ccc(C2/C(=C(/O)c3ccc(C)cc3)C(=O)C(=O)N2CC(C)O)c(OC)c1. The smallest absolute Gasteiger partial charge is 0.295 e. The summed E-state index contributed by atoms with van der Waals surface area (Å²) in [7, 11) is 2.99. The zero-order valence-electron chi connectivity index (χ0n) is 17.4. The monoisotopic (exact) mass is 411 g/mol. The molecular formula is C23H25NO6. The summed E-state index contributed by atoms with van der Waals surface area (Å²) in [5, 5.41) is 20.9. The lowest BCUT2D eigenvalue weighted by Crippen LogP contribution is -2.35. The Bertz CT molecular complexity index is 993. The predicted octanol–water partition coefficient (Wildman–Crippen LogP) is 2.81. The molecule has 3 rings (SSSR count). The minimum absolute atomic E-state index is 0.0482. The highest BCUT2D eigenvalue weighted by atomic mass is 16.5. The number of hydrogen-bond donors (Lipinski definition) is 2. The molecule has 30 heavy (non-hydrogen) atoms. The van der Waals surface area contributed by atoms with Crippen molar-refractivity contribution in [3.8, 4) is 11.5 Å². The minimum atomic E-state index is -0.915. The quantitative estimate of drug-likeness (QED) is 0.431. The van der Waals surface area contributed by atoms with E-state index in [2.05, 4.69) is 0 Å². The predicted molar refractivity (Wildman–Crippen MR) is 111 cm³/mol. The second kappa shape index (κ2) is 8.59. The first-order valence-electron chi connectivity index (χ1n) is 9.54. The standard InChI is InChI=1S/C23H25NO6/c1-13-5-7-15(8-6-13)21(26)19-20(24(12-14(2)25)23(28)22(19)27)17-10-9-16(29-3)11-18(17)30-4/h5-11,14,20,25-26H,12H2,1-4H3/b21-19-. The van der Waals surface area contributed by atoms with Crippen molar-refractivity contribution >= 4 is 17.4 Å². The van der Waals surface area contributed by atoms with E-state index in [1.54, 1.807) is 30.3 Å². The molecule has 2 N–H and O–H groups in total. The van der Waals surface area contributed by atoms with Crippen LogP contribution in [0.4, 0.5) is 0 Å². The number of aliphatic hydroxyl groups is 2. The van der Waals surface area contributed by atoms with Gasteiger partial charge in [-0.25, -0.2) is 0 Å². The Kier molecular flexibility index (Phi) is 6.12. The molecule has 2 aromatic carbocycles. The van der Waals surface area contributed by atoms with Crippen LogP contribution >= 0.6 is 0 Å². The van der Waals surface area contributed by atoms with E-state index in [1.165, 1.54) is 26.0 Å². The minimum Gasteiger partial charge on any atom is -0.507 e. The number of carbonyl (C=O) groups excluding carboxylic acids is 2. The summed E-state index contributed by atoms with van der Waals surface area (Å²) in [5.74, 6) is -0.929. The molecule has 158 valence electrons. The summed E-state index contributed by atoms with van der Waals surface area (Å²) >= 11 is 0. The van der Waals surface area contributed by atoms with Crippen molar-refractivity contribution in [3.05, 3.63) is 64.7 Å². The fourth-order valence-electron chi connectivity index (χ4n) is 3.59. The van der Waals surface area contributed by atoms with Gasteiger partial charge in [0.05, 0.1) is 31.9 Å². The van der Waals surface area contributed by atoms with E-state index >= 15 is 0 Å². The van der Waals surface area contributed by atoms with Crippen LogP contribution in [-0.4, -0.2) is 53.7 Å². The van der Waals surface area contributed by atoms with Crippen LogP contribution in [0.25, 0.3) is 5.76 Å². The molecule has 1 saturated heterocycles. The number of ether oxygens (including phenoxy) is 2. The van der Waals surface area contributed by atoms with Crippen LogP contribution in [0, 0.1) is 6.92 Å². The van der Waals surface area contributed by atoms with E-state index in [0.29, 0.717) is 22.6 Å². The number of Topliss-reactive ketones (excluding diaryl/α,β-unsaturated/α-hetero) is 1.